The minimum Gasteiger partial charge on any atom is -0.467 e. The second-order valence-corrected chi connectivity index (χ2v) is 5.13. The van der Waals surface area contributed by atoms with Crippen LogP contribution >= 0.6 is 0 Å². The third-order valence-corrected chi connectivity index (χ3v) is 3.40. The van der Waals surface area contributed by atoms with Crippen molar-refractivity contribution >= 4 is 11.6 Å². The average molecular weight is 272 g/mol. The van der Waals surface area contributed by atoms with Gasteiger partial charge in [0.25, 0.3) is 0 Å². The molecule has 5 heteroatoms. The van der Waals surface area contributed by atoms with E-state index in [4.69, 9.17) is 4.42 Å². The summed E-state index contributed by atoms with van der Waals surface area (Å²) in [5.74, 6) is 2.83. The zero-order valence-corrected chi connectivity index (χ0v) is 11.7. The quantitative estimate of drug-likeness (QED) is 0.839. The fourth-order valence-corrected chi connectivity index (χ4v) is 2.21. The van der Waals surface area contributed by atoms with Crippen LogP contribution < -0.4 is 10.2 Å². The molecule has 0 radical (unpaired) electrons. The molecule has 0 aliphatic heterocycles. The van der Waals surface area contributed by atoms with Gasteiger partial charge in [0, 0.05) is 18.7 Å². The fourth-order valence-electron chi connectivity index (χ4n) is 2.21. The molecule has 3 rings (SSSR count). The molecule has 2 aromatic heterocycles. The number of furan rings is 1. The SMILES string of the molecule is CCCNc1cc(N(Cc2ccco2)C2CC2)ncn1. The molecule has 5 nitrogen and oxygen atoms in total. The smallest absolute Gasteiger partial charge is 0.134 e. The average Bonchev–Trinajstić information content (AvgIpc) is 3.19. The summed E-state index contributed by atoms with van der Waals surface area (Å²) in [6.07, 6.45) is 6.88. The van der Waals surface area contributed by atoms with Crippen molar-refractivity contribution in [3.05, 3.63) is 36.5 Å². The summed E-state index contributed by atoms with van der Waals surface area (Å²) in [5, 5.41) is 3.31. The predicted octanol–water partition coefficient (Wildman–Crippen LogP) is 3.06. The number of hydrogen-bond donors (Lipinski definition) is 1. The lowest BCUT2D eigenvalue weighted by atomic mass is 10.3. The third kappa shape index (κ3) is 3.10. The highest BCUT2D eigenvalue weighted by molar-refractivity contribution is 5.50. The van der Waals surface area contributed by atoms with Gasteiger partial charge in [-0.1, -0.05) is 6.92 Å². The topological polar surface area (TPSA) is 54.2 Å². The van der Waals surface area contributed by atoms with E-state index in [0.29, 0.717) is 6.04 Å². The summed E-state index contributed by atoms with van der Waals surface area (Å²) in [6, 6.07) is 6.53. The minimum atomic E-state index is 0.578. The van der Waals surface area contributed by atoms with Gasteiger partial charge in [0.05, 0.1) is 12.8 Å². The van der Waals surface area contributed by atoms with Gasteiger partial charge < -0.3 is 14.6 Å². The molecule has 1 aliphatic rings. The van der Waals surface area contributed by atoms with E-state index >= 15 is 0 Å². The molecule has 106 valence electrons. The Bertz CT molecular complexity index is 537. The van der Waals surface area contributed by atoms with E-state index < -0.39 is 0 Å². The Hall–Kier alpha value is -2.04. The Morgan fingerprint density at radius 1 is 1.40 bits per heavy atom. The maximum Gasteiger partial charge on any atom is 0.134 e. The van der Waals surface area contributed by atoms with Crippen LogP contribution in [0, 0.1) is 0 Å². The molecule has 0 saturated heterocycles. The zero-order chi connectivity index (χ0) is 13.8. The molecule has 0 bridgehead atoms. The molecule has 0 amide bonds. The lowest BCUT2D eigenvalue weighted by Crippen LogP contribution is -2.26. The highest BCUT2D eigenvalue weighted by Crippen LogP contribution is 2.32. The summed E-state index contributed by atoms with van der Waals surface area (Å²) in [7, 11) is 0. The number of hydrogen-bond acceptors (Lipinski definition) is 5. The molecule has 20 heavy (non-hydrogen) atoms. The maximum absolute atomic E-state index is 5.46. The molecule has 0 spiro atoms. The highest BCUT2D eigenvalue weighted by atomic mass is 16.3. The zero-order valence-electron chi connectivity index (χ0n) is 11.7. The molecule has 0 aromatic carbocycles. The number of nitrogens with zero attached hydrogens (tertiary/aromatic N) is 3. The Kier molecular flexibility index (Phi) is 3.85. The van der Waals surface area contributed by atoms with Crippen LogP contribution in [0.1, 0.15) is 31.9 Å². The van der Waals surface area contributed by atoms with Crippen LogP contribution in [0.3, 0.4) is 0 Å². The van der Waals surface area contributed by atoms with Crippen LogP contribution in [0.2, 0.25) is 0 Å². The van der Waals surface area contributed by atoms with Crippen molar-refractivity contribution in [1.29, 1.82) is 0 Å². The number of rotatable bonds is 7. The maximum atomic E-state index is 5.46. The number of anilines is 2. The lowest BCUT2D eigenvalue weighted by molar-refractivity contribution is 0.500. The molecule has 1 N–H and O–H groups in total. The van der Waals surface area contributed by atoms with Gasteiger partial charge in [-0.2, -0.15) is 0 Å². The summed E-state index contributed by atoms with van der Waals surface area (Å²) in [6.45, 7) is 3.84. The van der Waals surface area contributed by atoms with E-state index in [1.54, 1.807) is 12.6 Å². The van der Waals surface area contributed by atoms with Gasteiger partial charge in [-0.05, 0) is 31.4 Å². The molecule has 0 unspecified atom stereocenters. The molecular weight excluding hydrogens is 252 g/mol. The van der Waals surface area contributed by atoms with Gasteiger partial charge in [-0.25, -0.2) is 9.97 Å². The Balaban J connectivity index is 1.76. The Morgan fingerprint density at radius 2 is 2.30 bits per heavy atom. The minimum absolute atomic E-state index is 0.578. The van der Waals surface area contributed by atoms with Crippen LogP contribution in [0.15, 0.2) is 35.2 Å². The van der Waals surface area contributed by atoms with Crippen molar-refractivity contribution in [2.45, 2.75) is 38.8 Å². The molecule has 2 aromatic rings. The van der Waals surface area contributed by atoms with E-state index in [1.807, 2.05) is 18.2 Å². The van der Waals surface area contributed by atoms with Crippen molar-refractivity contribution in [3.8, 4) is 0 Å². The van der Waals surface area contributed by atoms with E-state index in [0.717, 1.165) is 36.9 Å². The van der Waals surface area contributed by atoms with Crippen LogP contribution in [0.25, 0.3) is 0 Å². The largest absolute Gasteiger partial charge is 0.467 e. The van der Waals surface area contributed by atoms with Crippen molar-refractivity contribution in [2.24, 2.45) is 0 Å². The van der Waals surface area contributed by atoms with E-state index in [9.17, 15) is 0 Å². The molecular formula is C15H20N4O. The van der Waals surface area contributed by atoms with Gasteiger partial charge in [-0.3, -0.25) is 0 Å². The normalized spacial score (nSPS) is 14.2. The first kappa shape index (κ1) is 13.0. The van der Waals surface area contributed by atoms with Crippen molar-refractivity contribution < 1.29 is 4.42 Å². The molecule has 1 aliphatic carbocycles. The number of nitrogens with one attached hydrogen (secondary N) is 1. The van der Waals surface area contributed by atoms with Crippen LogP contribution in [0.5, 0.6) is 0 Å². The summed E-state index contributed by atoms with van der Waals surface area (Å²) >= 11 is 0. The van der Waals surface area contributed by atoms with Crippen molar-refractivity contribution in [2.75, 3.05) is 16.8 Å². The van der Waals surface area contributed by atoms with Gasteiger partial charge in [0.2, 0.25) is 0 Å². The summed E-state index contributed by atoms with van der Waals surface area (Å²) in [4.78, 5) is 11.0. The summed E-state index contributed by atoms with van der Waals surface area (Å²) in [5.41, 5.74) is 0. The van der Waals surface area contributed by atoms with E-state index in [2.05, 4.69) is 27.1 Å². The molecule has 1 saturated carbocycles. The first-order chi connectivity index (χ1) is 9.86. The van der Waals surface area contributed by atoms with E-state index in [-0.39, 0.29) is 0 Å². The molecule has 1 fully saturated rings. The predicted molar refractivity (Wildman–Crippen MR) is 78.7 cm³/mol. The standard InChI is InChI=1S/C15H20N4O/c1-2-7-16-14-9-15(18-11-17-14)19(12-5-6-12)10-13-4-3-8-20-13/h3-4,8-9,11-12H,2,5-7,10H2,1H3,(H,16,17,18). The second kappa shape index (κ2) is 5.94. The first-order valence-electron chi connectivity index (χ1n) is 7.21. The van der Waals surface area contributed by atoms with Crippen LogP contribution in [-0.2, 0) is 6.54 Å². The van der Waals surface area contributed by atoms with Crippen molar-refractivity contribution in [3.63, 3.8) is 0 Å². The van der Waals surface area contributed by atoms with Crippen molar-refractivity contribution in [1.82, 2.24) is 9.97 Å². The van der Waals surface area contributed by atoms with Crippen LogP contribution in [-0.4, -0.2) is 22.6 Å². The highest BCUT2D eigenvalue weighted by Gasteiger charge is 2.30. The Labute approximate surface area is 119 Å². The Morgan fingerprint density at radius 3 is 3.00 bits per heavy atom. The fraction of sp³-hybridized carbons (Fsp3) is 0.467. The monoisotopic (exact) mass is 272 g/mol. The van der Waals surface area contributed by atoms with Crippen LogP contribution in [0.4, 0.5) is 11.6 Å². The lowest BCUT2D eigenvalue weighted by Gasteiger charge is -2.22. The number of aromatic nitrogens is 2. The third-order valence-electron chi connectivity index (χ3n) is 3.40. The van der Waals surface area contributed by atoms with Gasteiger partial charge in [-0.15, -0.1) is 0 Å². The second-order valence-electron chi connectivity index (χ2n) is 5.13. The van der Waals surface area contributed by atoms with Gasteiger partial charge in [0.1, 0.15) is 23.7 Å². The first-order valence-corrected chi connectivity index (χ1v) is 7.21. The summed E-state index contributed by atoms with van der Waals surface area (Å²) < 4.78 is 5.46. The molecule has 0 atom stereocenters. The van der Waals surface area contributed by atoms with Gasteiger partial charge in [0.15, 0.2) is 0 Å². The molecule has 2 heterocycles. The van der Waals surface area contributed by atoms with Gasteiger partial charge >= 0.3 is 0 Å². The van der Waals surface area contributed by atoms with E-state index in [1.165, 1.54) is 12.8 Å².